The first-order valence-corrected chi connectivity index (χ1v) is 10.4. The van der Waals surface area contributed by atoms with Crippen molar-refractivity contribution in [3.05, 3.63) is 63.9 Å². The van der Waals surface area contributed by atoms with Crippen LogP contribution >= 0.6 is 11.8 Å². The topological polar surface area (TPSA) is 55.2 Å². The summed E-state index contributed by atoms with van der Waals surface area (Å²) in [6.07, 6.45) is 0. The van der Waals surface area contributed by atoms with Crippen LogP contribution < -0.4 is 5.56 Å². The number of carbonyl (C=O) groups is 1. The maximum atomic E-state index is 13.4. The molecule has 6 heteroatoms. The largest absolute Gasteiger partial charge is 0.343 e. The lowest BCUT2D eigenvalue weighted by Crippen LogP contribution is -2.32. The fraction of sp³-hybridized carbons (Fsp3) is 0.318. The molecular weight excluding hydrogens is 370 g/mol. The third-order valence-corrected chi connectivity index (χ3v) is 5.77. The predicted molar refractivity (Wildman–Crippen MR) is 115 cm³/mol. The summed E-state index contributed by atoms with van der Waals surface area (Å²) in [7, 11) is 0. The van der Waals surface area contributed by atoms with Gasteiger partial charge in [0, 0.05) is 13.1 Å². The molecule has 0 fully saturated rings. The van der Waals surface area contributed by atoms with Crippen LogP contribution in [-0.4, -0.2) is 39.2 Å². The molecule has 0 saturated carbocycles. The summed E-state index contributed by atoms with van der Waals surface area (Å²) in [5, 5.41) is 1.12. The van der Waals surface area contributed by atoms with Crippen LogP contribution in [0, 0.1) is 13.8 Å². The van der Waals surface area contributed by atoms with Crippen molar-refractivity contribution in [3.63, 3.8) is 0 Å². The molecule has 28 heavy (non-hydrogen) atoms. The van der Waals surface area contributed by atoms with Crippen LogP contribution in [0.5, 0.6) is 0 Å². The summed E-state index contributed by atoms with van der Waals surface area (Å²) in [4.78, 5) is 32.4. The molecular formula is C22H25N3O2S. The third kappa shape index (κ3) is 3.83. The number of aromatic nitrogens is 2. The molecule has 2 aromatic carbocycles. The second kappa shape index (κ2) is 8.61. The first-order chi connectivity index (χ1) is 13.5. The molecule has 0 aliphatic carbocycles. The lowest BCUT2D eigenvalue weighted by Gasteiger charge is -2.20. The van der Waals surface area contributed by atoms with E-state index < -0.39 is 0 Å². The van der Waals surface area contributed by atoms with Gasteiger partial charge in [0.2, 0.25) is 5.91 Å². The number of carbonyl (C=O) groups excluding carboxylic acids is 1. The molecule has 5 nitrogen and oxygen atoms in total. The molecule has 0 atom stereocenters. The standard InChI is InChI=1S/C22H25N3O2S/c1-5-24(6-2)19(26)14-28-22-23-18-13-8-7-12-17(18)21(27)25(22)20-15(3)10-9-11-16(20)4/h7-13H,5-6,14H2,1-4H3. The second-order valence-electron chi connectivity index (χ2n) is 6.65. The number of fused-ring (bicyclic) bond motifs is 1. The van der Waals surface area contributed by atoms with E-state index in [1.54, 1.807) is 15.5 Å². The van der Waals surface area contributed by atoms with E-state index in [0.717, 1.165) is 16.8 Å². The molecule has 0 radical (unpaired) electrons. The Morgan fingerprint density at radius 2 is 1.68 bits per heavy atom. The van der Waals surface area contributed by atoms with Gasteiger partial charge in [-0.2, -0.15) is 0 Å². The molecule has 3 rings (SSSR count). The maximum Gasteiger partial charge on any atom is 0.266 e. The lowest BCUT2D eigenvalue weighted by molar-refractivity contribution is -0.127. The smallest absolute Gasteiger partial charge is 0.266 e. The first-order valence-electron chi connectivity index (χ1n) is 9.46. The minimum Gasteiger partial charge on any atom is -0.343 e. The zero-order valence-corrected chi connectivity index (χ0v) is 17.5. The molecule has 1 aromatic heterocycles. The first kappa shape index (κ1) is 20.1. The Kier molecular flexibility index (Phi) is 6.19. The molecule has 0 N–H and O–H groups in total. The number of thioether (sulfide) groups is 1. The minimum atomic E-state index is -0.110. The van der Waals surface area contributed by atoms with E-state index in [9.17, 15) is 9.59 Å². The van der Waals surface area contributed by atoms with Gasteiger partial charge in [-0.1, -0.05) is 42.1 Å². The molecule has 0 saturated heterocycles. The summed E-state index contributed by atoms with van der Waals surface area (Å²) >= 11 is 1.32. The number of para-hydroxylation sites is 2. The fourth-order valence-corrected chi connectivity index (χ4v) is 4.26. The van der Waals surface area contributed by atoms with Crippen molar-refractivity contribution >= 4 is 28.6 Å². The number of amides is 1. The van der Waals surface area contributed by atoms with Gasteiger partial charge in [-0.05, 0) is 51.0 Å². The number of nitrogens with zero attached hydrogens (tertiary/aromatic N) is 3. The van der Waals surface area contributed by atoms with E-state index in [4.69, 9.17) is 4.98 Å². The van der Waals surface area contributed by atoms with Gasteiger partial charge in [-0.3, -0.25) is 14.2 Å². The number of aryl methyl sites for hydroxylation is 2. The molecule has 0 bridgehead atoms. The summed E-state index contributed by atoms with van der Waals surface area (Å²) in [6, 6.07) is 13.3. The van der Waals surface area contributed by atoms with E-state index >= 15 is 0 Å². The van der Waals surface area contributed by atoms with E-state index in [1.165, 1.54) is 11.8 Å². The zero-order chi connectivity index (χ0) is 20.3. The Hall–Kier alpha value is -2.60. The number of hydrogen-bond donors (Lipinski definition) is 0. The van der Waals surface area contributed by atoms with Crippen LogP contribution in [0.15, 0.2) is 52.4 Å². The summed E-state index contributed by atoms with van der Waals surface area (Å²) in [5.41, 5.74) is 3.37. The highest BCUT2D eigenvalue weighted by Gasteiger charge is 2.18. The van der Waals surface area contributed by atoms with Gasteiger partial charge >= 0.3 is 0 Å². The summed E-state index contributed by atoms with van der Waals surface area (Å²) in [5.74, 6) is 0.294. The average molecular weight is 396 g/mol. The molecule has 0 spiro atoms. The summed E-state index contributed by atoms with van der Waals surface area (Å²) < 4.78 is 1.66. The van der Waals surface area contributed by atoms with Crippen molar-refractivity contribution < 1.29 is 4.79 Å². The van der Waals surface area contributed by atoms with Crippen molar-refractivity contribution in [2.45, 2.75) is 32.9 Å². The van der Waals surface area contributed by atoms with E-state index in [-0.39, 0.29) is 17.2 Å². The quantitative estimate of drug-likeness (QED) is 0.468. The van der Waals surface area contributed by atoms with Gasteiger partial charge in [-0.25, -0.2) is 4.98 Å². The van der Waals surface area contributed by atoms with Gasteiger partial charge in [-0.15, -0.1) is 0 Å². The molecule has 1 heterocycles. The Morgan fingerprint density at radius 1 is 1.04 bits per heavy atom. The minimum absolute atomic E-state index is 0.0467. The van der Waals surface area contributed by atoms with Crippen molar-refractivity contribution in [3.8, 4) is 5.69 Å². The van der Waals surface area contributed by atoms with Crippen LogP contribution in [0.25, 0.3) is 16.6 Å². The molecule has 0 aliphatic heterocycles. The van der Waals surface area contributed by atoms with Crippen LogP contribution in [-0.2, 0) is 4.79 Å². The lowest BCUT2D eigenvalue weighted by atomic mass is 10.1. The Bertz CT molecular complexity index is 1050. The Labute approximate surface area is 169 Å². The highest BCUT2D eigenvalue weighted by molar-refractivity contribution is 7.99. The van der Waals surface area contributed by atoms with Gasteiger partial charge in [0.1, 0.15) is 0 Å². The van der Waals surface area contributed by atoms with Gasteiger partial charge < -0.3 is 4.90 Å². The van der Waals surface area contributed by atoms with Gasteiger partial charge in [0.15, 0.2) is 5.16 Å². The van der Waals surface area contributed by atoms with Crippen molar-refractivity contribution in [1.29, 1.82) is 0 Å². The molecule has 146 valence electrons. The molecule has 3 aromatic rings. The highest BCUT2D eigenvalue weighted by Crippen LogP contribution is 2.25. The predicted octanol–water partition coefficient (Wildman–Crippen LogP) is 3.96. The monoisotopic (exact) mass is 395 g/mol. The molecule has 1 amide bonds. The number of hydrogen-bond acceptors (Lipinski definition) is 4. The summed E-state index contributed by atoms with van der Waals surface area (Å²) in [6.45, 7) is 9.24. The average Bonchev–Trinajstić information content (AvgIpc) is 2.69. The van der Waals surface area contributed by atoms with Crippen LogP contribution in [0.4, 0.5) is 0 Å². The van der Waals surface area contributed by atoms with Gasteiger partial charge in [0.25, 0.3) is 5.56 Å². The molecule has 0 unspecified atom stereocenters. The Morgan fingerprint density at radius 3 is 2.32 bits per heavy atom. The normalized spacial score (nSPS) is 11.0. The van der Waals surface area contributed by atoms with E-state index in [1.807, 2.05) is 64.1 Å². The second-order valence-corrected chi connectivity index (χ2v) is 7.59. The van der Waals surface area contributed by atoms with Gasteiger partial charge in [0.05, 0.1) is 22.3 Å². The van der Waals surface area contributed by atoms with Crippen molar-refractivity contribution in [2.75, 3.05) is 18.8 Å². The zero-order valence-electron chi connectivity index (χ0n) is 16.7. The van der Waals surface area contributed by atoms with Crippen molar-refractivity contribution in [1.82, 2.24) is 14.5 Å². The number of rotatable bonds is 6. The highest BCUT2D eigenvalue weighted by atomic mass is 32.2. The van der Waals surface area contributed by atoms with Crippen molar-refractivity contribution in [2.24, 2.45) is 0 Å². The fourth-order valence-electron chi connectivity index (χ4n) is 3.36. The van der Waals surface area contributed by atoms with Crippen LogP contribution in [0.2, 0.25) is 0 Å². The SMILES string of the molecule is CCN(CC)C(=O)CSc1nc2ccccc2c(=O)n1-c1c(C)cccc1C. The Balaban J connectivity index is 2.16. The van der Waals surface area contributed by atoms with Crippen LogP contribution in [0.3, 0.4) is 0 Å². The third-order valence-electron chi connectivity index (χ3n) is 4.85. The van der Waals surface area contributed by atoms with E-state index in [2.05, 4.69) is 0 Å². The van der Waals surface area contributed by atoms with E-state index in [0.29, 0.717) is 29.1 Å². The number of benzene rings is 2. The maximum absolute atomic E-state index is 13.4. The molecule has 0 aliphatic rings. The van der Waals surface area contributed by atoms with Crippen LogP contribution in [0.1, 0.15) is 25.0 Å².